The molecule has 2 aromatic carbocycles. The molecule has 26 heavy (non-hydrogen) atoms. The molecule has 1 heterocycles. The van der Waals surface area contributed by atoms with Crippen LogP contribution in [0.4, 0.5) is 15.8 Å². The molecule has 2 aromatic rings. The zero-order chi connectivity index (χ0) is 18.7. The van der Waals surface area contributed by atoms with Crippen molar-refractivity contribution in [1.82, 2.24) is 0 Å². The molecular weight excluding hydrogens is 379 g/mol. The van der Waals surface area contributed by atoms with Crippen LogP contribution in [0.15, 0.2) is 41.3 Å². The van der Waals surface area contributed by atoms with Gasteiger partial charge in [-0.15, -0.1) is 0 Å². The molecular formula is C18H20ClFN2O3S. The fourth-order valence-electron chi connectivity index (χ4n) is 3.06. The van der Waals surface area contributed by atoms with Crippen molar-refractivity contribution in [3.63, 3.8) is 0 Å². The van der Waals surface area contributed by atoms with Gasteiger partial charge in [0.15, 0.2) is 0 Å². The van der Waals surface area contributed by atoms with Crippen molar-refractivity contribution in [2.75, 3.05) is 29.8 Å². The maximum atomic E-state index is 13.8. The summed E-state index contributed by atoms with van der Waals surface area (Å²) in [7, 11) is -2.63. The molecule has 0 aliphatic carbocycles. The molecule has 5 nitrogen and oxygen atoms in total. The van der Waals surface area contributed by atoms with E-state index in [1.165, 1.54) is 31.4 Å². The van der Waals surface area contributed by atoms with Gasteiger partial charge in [-0.1, -0.05) is 11.6 Å². The van der Waals surface area contributed by atoms with E-state index in [0.29, 0.717) is 5.69 Å². The molecule has 0 unspecified atom stereocenters. The number of halogens is 2. The fourth-order valence-corrected chi connectivity index (χ4v) is 4.56. The summed E-state index contributed by atoms with van der Waals surface area (Å²) in [5.41, 5.74) is 0.865. The van der Waals surface area contributed by atoms with E-state index in [-0.39, 0.29) is 21.4 Å². The van der Waals surface area contributed by atoms with E-state index in [4.69, 9.17) is 16.3 Å². The van der Waals surface area contributed by atoms with E-state index >= 15 is 0 Å². The molecule has 1 aliphatic heterocycles. The van der Waals surface area contributed by atoms with Crippen LogP contribution in [0.2, 0.25) is 5.02 Å². The first-order valence-electron chi connectivity index (χ1n) is 8.31. The predicted molar refractivity (Wildman–Crippen MR) is 101 cm³/mol. The summed E-state index contributed by atoms with van der Waals surface area (Å²) >= 11 is 5.95. The minimum Gasteiger partial charge on any atom is -0.495 e. The van der Waals surface area contributed by atoms with Crippen molar-refractivity contribution in [3.05, 3.63) is 47.2 Å². The van der Waals surface area contributed by atoms with Crippen LogP contribution >= 0.6 is 11.6 Å². The number of rotatable bonds is 5. The van der Waals surface area contributed by atoms with Gasteiger partial charge in [-0.3, -0.25) is 4.72 Å². The van der Waals surface area contributed by atoms with Gasteiger partial charge in [0.2, 0.25) is 0 Å². The first kappa shape index (κ1) is 18.8. The second kappa shape index (κ2) is 7.72. The largest absolute Gasteiger partial charge is 0.495 e. The number of methoxy groups -OCH3 is 1. The van der Waals surface area contributed by atoms with Crippen molar-refractivity contribution >= 4 is 33.0 Å². The van der Waals surface area contributed by atoms with Crippen LogP contribution in [0.3, 0.4) is 0 Å². The topological polar surface area (TPSA) is 58.6 Å². The molecule has 0 radical (unpaired) electrons. The van der Waals surface area contributed by atoms with Gasteiger partial charge < -0.3 is 9.64 Å². The van der Waals surface area contributed by atoms with Crippen LogP contribution in [-0.2, 0) is 10.0 Å². The average molecular weight is 399 g/mol. The van der Waals surface area contributed by atoms with Crippen LogP contribution in [0.1, 0.15) is 19.3 Å². The van der Waals surface area contributed by atoms with Gasteiger partial charge >= 0.3 is 0 Å². The number of hydrogen-bond acceptors (Lipinski definition) is 4. The Morgan fingerprint density at radius 2 is 1.85 bits per heavy atom. The lowest BCUT2D eigenvalue weighted by Gasteiger charge is -2.30. The normalized spacial score (nSPS) is 15.0. The van der Waals surface area contributed by atoms with E-state index in [1.54, 1.807) is 12.1 Å². The third-order valence-corrected chi connectivity index (χ3v) is 5.94. The summed E-state index contributed by atoms with van der Waals surface area (Å²) in [6, 6.07) is 8.46. The highest BCUT2D eigenvalue weighted by Gasteiger charge is 2.23. The van der Waals surface area contributed by atoms with Gasteiger partial charge in [0, 0.05) is 24.2 Å². The van der Waals surface area contributed by atoms with E-state index < -0.39 is 15.8 Å². The monoisotopic (exact) mass is 398 g/mol. The van der Waals surface area contributed by atoms with E-state index in [2.05, 4.69) is 9.62 Å². The van der Waals surface area contributed by atoms with Gasteiger partial charge in [0.25, 0.3) is 10.0 Å². The lowest BCUT2D eigenvalue weighted by molar-refractivity contribution is 0.403. The second-order valence-electron chi connectivity index (χ2n) is 6.11. The van der Waals surface area contributed by atoms with Crippen LogP contribution in [-0.4, -0.2) is 28.6 Å². The molecule has 0 aromatic heterocycles. The van der Waals surface area contributed by atoms with Crippen LogP contribution in [0.5, 0.6) is 5.75 Å². The molecule has 140 valence electrons. The Labute approximate surface area is 157 Å². The van der Waals surface area contributed by atoms with Crippen molar-refractivity contribution in [1.29, 1.82) is 0 Å². The molecule has 0 bridgehead atoms. The maximum absolute atomic E-state index is 13.8. The lowest BCUT2D eigenvalue weighted by Crippen LogP contribution is -2.30. The van der Waals surface area contributed by atoms with E-state index in [1.807, 2.05) is 0 Å². The van der Waals surface area contributed by atoms with Crippen molar-refractivity contribution in [2.45, 2.75) is 24.2 Å². The van der Waals surface area contributed by atoms with Crippen LogP contribution < -0.4 is 14.4 Å². The summed E-state index contributed by atoms with van der Waals surface area (Å²) in [6.45, 7) is 1.61. The molecule has 1 saturated heterocycles. The molecule has 8 heteroatoms. The zero-order valence-electron chi connectivity index (χ0n) is 14.3. The van der Waals surface area contributed by atoms with Gasteiger partial charge in [-0.2, -0.15) is 0 Å². The highest BCUT2D eigenvalue weighted by Crippen LogP contribution is 2.33. The zero-order valence-corrected chi connectivity index (χ0v) is 15.9. The molecule has 0 amide bonds. The minimum atomic E-state index is -4.01. The quantitative estimate of drug-likeness (QED) is 0.816. The molecule has 0 saturated carbocycles. The first-order chi connectivity index (χ1) is 12.4. The number of benzene rings is 2. The van der Waals surface area contributed by atoms with Gasteiger partial charge in [0.05, 0.1) is 18.5 Å². The van der Waals surface area contributed by atoms with Gasteiger partial charge in [-0.25, -0.2) is 12.8 Å². The number of hydrogen-bond donors (Lipinski definition) is 1. The van der Waals surface area contributed by atoms with Crippen molar-refractivity contribution in [3.8, 4) is 5.75 Å². The Kier molecular flexibility index (Phi) is 5.58. The number of nitrogens with zero attached hydrogens (tertiary/aromatic N) is 1. The number of nitrogens with one attached hydrogen (secondary N) is 1. The number of ether oxygens (including phenoxy) is 1. The Bertz CT molecular complexity index is 899. The molecule has 1 fully saturated rings. The molecule has 1 aliphatic rings. The predicted octanol–water partition coefficient (Wildman–Crippen LogP) is 4.28. The Balaban J connectivity index is 2.00. The van der Waals surface area contributed by atoms with Crippen LogP contribution in [0, 0.1) is 5.82 Å². The fraction of sp³-hybridized carbons (Fsp3) is 0.333. The summed E-state index contributed by atoms with van der Waals surface area (Å²) in [6.07, 6.45) is 3.18. The molecule has 3 rings (SSSR count). The standard InChI is InChI=1S/C18H20ClFN2O3S/c1-25-17-8-5-13(19)11-18(17)26(23,24)21-15-12-14(20)6-7-16(15)22-9-3-2-4-10-22/h5-8,11-12,21H,2-4,9-10H2,1H3. The van der Waals surface area contributed by atoms with Crippen molar-refractivity contribution < 1.29 is 17.5 Å². The molecule has 1 N–H and O–H groups in total. The number of anilines is 2. The van der Waals surface area contributed by atoms with Crippen molar-refractivity contribution in [2.24, 2.45) is 0 Å². The van der Waals surface area contributed by atoms with E-state index in [0.717, 1.165) is 32.4 Å². The smallest absolute Gasteiger partial charge is 0.265 e. The Morgan fingerprint density at radius 1 is 1.12 bits per heavy atom. The van der Waals surface area contributed by atoms with Crippen LogP contribution in [0.25, 0.3) is 0 Å². The highest BCUT2D eigenvalue weighted by atomic mass is 35.5. The summed E-state index contributed by atoms with van der Waals surface area (Å²) in [4.78, 5) is 1.97. The number of piperidine rings is 1. The lowest BCUT2D eigenvalue weighted by atomic mass is 10.1. The molecule has 0 spiro atoms. The maximum Gasteiger partial charge on any atom is 0.265 e. The third-order valence-electron chi connectivity index (χ3n) is 4.31. The summed E-state index contributed by atoms with van der Waals surface area (Å²) in [5.74, 6) is -0.348. The third kappa shape index (κ3) is 4.04. The van der Waals surface area contributed by atoms with Gasteiger partial charge in [-0.05, 0) is 49.6 Å². The van der Waals surface area contributed by atoms with Gasteiger partial charge in [0.1, 0.15) is 16.5 Å². The Hall–Kier alpha value is -1.99. The second-order valence-corrected chi connectivity index (χ2v) is 8.20. The summed E-state index contributed by atoms with van der Waals surface area (Å²) < 4.78 is 47.2. The number of sulfonamides is 1. The summed E-state index contributed by atoms with van der Waals surface area (Å²) in [5, 5.41) is 0.265. The SMILES string of the molecule is COc1ccc(Cl)cc1S(=O)(=O)Nc1cc(F)ccc1N1CCCCC1. The average Bonchev–Trinajstić information content (AvgIpc) is 2.62. The van der Waals surface area contributed by atoms with E-state index in [9.17, 15) is 12.8 Å². The highest BCUT2D eigenvalue weighted by molar-refractivity contribution is 7.92. The first-order valence-corrected chi connectivity index (χ1v) is 10.2. The Morgan fingerprint density at radius 3 is 2.54 bits per heavy atom. The molecule has 0 atom stereocenters. The minimum absolute atomic E-state index is 0.0960.